The van der Waals surface area contributed by atoms with E-state index in [1.807, 2.05) is 18.2 Å². The molecule has 1 saturated heterocycles. The number of hydrogen-bond acceptors (Lipinski definition) is 3. The van der Waals surface area contributed by atoms with Crippen LogP contribution < -0.4 is 4.74 Å². The second-order valence-electron chi connectivity index (χ2n) is 3.88. The fourth-order valence-electron chi connectivity index (χ4n) is 1.77. The SMILES string of the molecule is OCc1cc(Br)cc(OC2CCOCC2)c1. The molecule has 1 aliphatic rings. The molecule has 1 N–H and O–H groups in total. The number of aliphatic hydroxyl groups is 1. The Balaban J connectivity index is 2.04. The van der Waals surface area contributed by atoms with Crippen molar-refractivity contribution in [1.29, 1.82) is 0 Å². The van der Waals surface area contributed by atoms with Gasteiger partial charge in [-0.25, -0.2) is 0 Å². The number of aliphatic hydroxyl groups excluding tert-OH is 1. The molecule has 1 fully saturated rings. The van der Waals surface area contributed by atoms with E-state index >= 15 is 0 Å². The van der Waals surface area contributed by atoms with Gasteiger partial charge in [0.05, 0.1) is 19.8 Å². The Labute approximate surface area is 104 Å². The lowest BCUT2D eigenvalue weighted by Crippen LogP contribution is -2.25. The molecule has 2 rings (SSSR count). The first-order chi connectivity index (χ1) is 7.78. The van der Waals surface area contributed by atoms with Crippen molar-refractivity contribution in [1.82, 2.24) is 0 Å². The van der Waals surface area contributed by atoms with Crippen molar-refractivity contribution >= 4 is 15.9 Å². The van der Waals surface area contributed by atoms with Crippen molar-refractivity contribution in [3.8, 4) is 5.75 Å². The summed E-state index contributed by atoms with van der Waals surface area (Å²) >= 11 is 3.40. The number of benzene rings is 1. The van der Waals surface area contributed by atoms with Gasteiger partial charge in [0.25, 0.3) is 0 Å². The molecule has 4 heteroatoms. The van der Waals surface area contributed by atoms with Crippen molar-refractivity contribution in [2.75, 3.05) is 13.2 Å². The van der Waals surface area contributed by atoms with Crippen LogP contribution in [0.3, 0.4) is 0 Å². The Morgan fingerprint density at radius 1 is 1.31 bits per heavy atom. The average molecular weight is 287 g/mol. The van der Waals surface area contributed by atoms with Crippen LogP contribution in [0.1, 0.15) is 18.4 Å². The molecule has 1 aliphatic heterocycles. The van der Waals surface area contributed by atoms with E-state index in [1.54, 1.807) is 0 Å². The normalized spacial score (nSPS) is 17.4. The lowest BCUT2D eigenvalue weighted by atomic mass is 10.1. The van der Waals surface area contributed by atoms with E-state index in [0.29, 0.717) is 0 Å². The first kappa shape index (κ1) is 11.9. The summed E-state index contributed by atoms with van der Waals surface area (Å²) < 4.78 is 12.1. The van der Waals surface area contributed by atoms with Gasteiger partial charge in [0.15, 0.2) is 0 Å². The molecular formula is C12H15BrO3. The molecule has 0 radical (unpaired) electrons. The van der Waals surface area contributed by atoms with Crippen LogP contribution in [0.25, 0.3) is 0 Å². The van der Waals surface area contributed by atoms with Gasteiger partial charge < -0.3 is 14.6 Å². The molecule has 0 bridgehead atoms. The molecule has 3 nitrogen and oxygen atoms in total. The smallest absolute Gasteiger partial charge is 0.121 e. The molecule has 1 aromatic carbocycles. The predicted octanol–water partition coefficient (Wildman–Crippen LogP) is 2.50. The van der Waals surface area contributed by atoms with Crippen LogP contribution in [0.2, 0.25) is 0 Å². The average Bonchev–Trinajstić information content (AvgIpc) is 2.29. The minimum atomic E-state index is 0.0313. The minimum absolute atomic E-state index is 0.0313. The topological polar surface area (TPSA) is 38.7 Å². The number of ether oxygens (including phenoxy) is 2. The van der Waals surface area contributed by atoms with Crippen LogP contribution in [-0.4, -0.2) is 24.4 Å². The highest BCUT2D eigenvalue weighted by Gasteiger charge is 2.15. The van der Waals surface area contributed by atoms with Crippen LogP contribution in [0.15, 0.2) is 22.7 Å². The van der Waals surface area contributed by atoms with Gasteiger partial charge in [0, 0.05) is 17.3 Å². The largest absolute Gasteiger partial charge is 0.490 e. The monoisotopic (exact) mass is 286 g/mol. The summed E-state index contributed by atoms with van der Waals surface area (Å²) in [7, 11) is 0. The molecule has 0 saturated carbocycles. The maximum absolute atomic E-state index is 9.10. The van der Waals surface area contributed by atoms with Crippen molar-refractivity contribution in [3.63, 3.8) is 0 Å². The van der Waals surface area contributed by atoms with Crippen molar-refractivity contribution in [2.24, 2.45) is 0 Å². The third kappa shape index (κ3) is 3.20. The van der Waals surface area contributed by atoms with Crippen LogP contribution in [0.4, 0.5) is 0 Å². The zero-order valence-corrected chi connectivity index (χ0v) is 10.6. The molecule has 0 unspecified atom stereocenters. The Hall–Kier alpha value is -0.580. The third-order valence-electron chi connectivity index (χ3n) is 2.58. The highest BCUT2D eigenvalue weighted by Crippen LogP contribution is 2.24. The van der Waals surface area contributed by atoms with E-state index in [0.717, 1.165) is 41.8 Å². The summed E-state index contributed by atoms with van der Waals surface area (Å²) in [5.41, 5.74) is 0.858. The minimum Gasteiger partial charge on any atom is -0.490 e. The van der Waals surface area contributed by atoms with Crippen molar-refractivity contribution in [3.05, 3.63) is 28.2 Å². The van der Waals surface area contributed by atoms with Crippen molar-refractivity contribution in [2.45, 2.75) is 25.6 Å². The quantitative estimate of drug-likeness (QED) is 0.928. The van der Waals surface area contributed by atoms with Gasteiger partial charge in [-0.05, 0) is 23.8 Å². The first-order valence-electron chi connectivity index (χ1n) is 5.42. The second-order valence-corrected chi connectivity index (χ2v) is 4.80. The van der Waals surface area contributed by atoms with Gasteiger partial charge >= 0.3 is 0 Å². The molecule has 0 amide bonds. The molecule has 1 heterocycles. The lowest BCUT2D eigenvalue weighted by Gasteiger charge is -2.23. The van der Waals surface area contributed by atoms with Crippen LogP contribution in [0, 0.1) is 0 Å². The highest BCUT2D eigenvalue weighted by atomic mass is 79.9. The van der Waals surface area contributed by atoms with Gasteiger partial charge in [-0.1, -0.05) is 15.9 Å². The van der Waals surface area contributed by atoms with Crippen molar-refractivity contribution < 1.29 is 14.6 Å². The molecule has 0 aliphatic carbocycles. The summed E-state index contributed by atoms with van der Waals surface area (Å²) in [6, 6.07) is 5.69. The summed E-state index contributed by atoms with van der Waals surface area (Å²) in [4.78, 5) is 0. The Bertz CT molecular complexity index is 348. The summed E-state index contributed by atoms with van der Waals surface area (Å²) in [5.74, 6) is 0.810. The first-order valence-corrected chi connectivity index (χ1v) is 6.22. The molecule has 16 heavy (non-hydrogen) atoms. The van der Waals surface area contributed by atoms with Crippen LogP contribution in [0.5, 0.6) is 5.75 Å². The van der Waals surface area contributed by atoms with E-state index in [4.69, 9.17) is 14.6 Å². The zero-order chi connectivity index (χ0) is 11.4. The summed E-state index contributed by atoms with van der Waals surface area (Å²) in [5, 5.41) is 9.10. The van der Waals surface area contributed by atoms with E-state index < -0.39 is 0 Å². The van der Waals surface area contributed by atoms with Crippen LogP contribution in [-0.2, 0) is 11.3 Å². The number of halogens is 1. The fraction of sp³-hybridized carbons (Fsp3) is 0.500. The van der Waals surface area contributed by atoms with Gasteiger partial charge in [0.1, 0.15) is 11.9 Å². The Morgan fingerprint density at radius 2 is 2.06 bits per heavy atom. The third-order valence-corrected chi connectivity index (χ3v) is 3.04. The van der Waals surface area contributed by atoms with E-state index in [-0.39, 0.29) is 12.7 Å². The van der Waals surface area contributed by atoms with Gasteiger partial charge in [-0.3, -0.25) is 0 Å². The molecule has 88 valence electrons. The van der Waals surface area contributed by atoms with Gasteiger partial charge in [0.2, 0.25) is 0 Å². The van der Waals surface area contributed by atoms with E-state index in [1.165, 1.54) is 0 Å². The van der Waals surface area contributed by atoms with E-state index in [9.17, 15) is 0 Å². The predicted molar refractivity (Wildman–Crippen MR) is 64.5 cm³/mol. The molecule has 1 aromatic rings. The summed E-state index contributed by atoms with van der Waals surface area (Å²) in [6.45, 7) is 1.57. The summed E-state index contributed by atoms with van der Waals surface area (Å²) in [6.07, 6.45) is 2.09. The number of rotatable bonds is 3. The zero-order valence-electron chi connectivity index (χ0n) is 8.99. The molecule has 0 aromatic heterocycles. The van der Waals surface area contributed by atoms with Gasteiger partial charge in [-0.2, -0.15) is 0 Å². The molecular weight excluding hydrogens is 272 g/mol. The van der Waals surface area contributed by atoms with Crippen LogP contribution >= 0.6 is 15.9 Å². The van der Waals surface area contributed by atoms with E-state index in [2.05, 4.69) is 15.9 Å². The number of hydrogen-bond donors (Lipinski definition) is 1. The maximum Gasteiger partial charge on any atom is 0.121 e. The standard InChI is InChI=1S/C12H15BrO3/c13-10-5-9(8-14)6-12(7-10)16-11-1-3-15-4-2-11/h5-7,11,14H,1-4,8H2. The Morgan fingerprint density at radius 3 is 2.75 bits per heavy atom. The lowest BCUT2D eigenvalue weighted by molar-refractivity contribution is 0.0255. The molecule has 0 spiro atoms. The highest BCUT2D eigenvalue weighted by molar-refractivity contribution is 9.10. The second kappa shape index (κ2) is 5.66. The maximum atomic E-state index is 9.10. The Kier molecular flexibility index (Phi) is 4.21. The fourth-order valence-corrected chi connectivity index (χ4v) is 2.29. The van der Waals surface area contributed by atoms with Gasteiger partial charge in [-0.15, -0.1) is 0 Å². The molecule has 0 atom stereocenters.